The Kier molecular flexibility index (Phi) is 6.66. The van der Waals surface area contributed by atoms with Crippen LogP contribution in [0.3, 0.4) is 0 Å². The number of hydrazine groups is 1. The van der Waals surface area contributed by atoms with E-state index in [1.807, 2.05) is 30.3 Å². The van der Waals surface area contributed by atoms with E-state index in [1.54, 1.807) is 48.5 Å². The Bertz CT molecular complexity index is 1350. The van der Waals surface area contributed by atoms with Crippen LogP contribution >= 0.6 is 11.6 Å². The van der Waals surface area contributed by atoms with E-state index in [0.29, 0.717) is 21.5 Å². The molecule has 166 valence electrons. The summed E-state index contributed by atoms with van der Waals surface area (Å²) in [6.07, 6.45) is 0. The van der Waals surface area contributed by atoms with Gasteiger partial charge in [-0.25, -0.2) is 4.68 Å². The molecule has 0 bridgehead atoms. The van der Waals surface area contributed by atoms with Gasteiger partial charge in [0.15, 0.2) is 12.3 Å². The standard InChI is InChI=1S/C24H19ClN4O4/c25-17-10-12-18(13-11-17)33-15-21(30)26-27-23(31)22-19-8-4-5-9-20(19)24(32)29(28-22)14-16-6-2-1-3-7-16/h1-13H,14-15H2,(H,26,30)(H,27,31). The summed E-state index contributed by atoms with van der Waals surface area (Å²) in [6.45, 7) is -0.115. The zero-order valence-corrected chi connectivity index (χ0v) is 18.1. The molecule has 33 heavy (non-hydrogen) atoms. The van der Waals surface area contributed by atoms with Crippen LogP contribution in [0.5, 0.6) is 5.75 Å². The number of carbonyl (C=O) groups is 2. The summed E-state index contributed by atoms with van der Waals surface area (Å²) in [6, 6.07) is 22.5. The van der Waals surface area contributed by atoms with Crippen LogP contribution in [0.25, 0.3) is 10.8 Å². The second kappa shape index (κ2) is 9.97. The van der Waals surface area contributed by atoms with Crippen molar-refractivity contribution < 1.29 is 14.3 Å². The largest absolute Gasteiger partial charge is 0.484 e. The van der Waals surface area contributed by atoms with Gasteiger partial charge in [0.25, 0.3) is 17.4 Å². The van der Waals surface area contributed by atoms with Crippen LogP contribution in [0.2, 0.25) is 5.02 Å². The van der Waals surface area contributed by atoms with Crippen molar-refractivity contribution in [2.75, 3.05) is 6.61 Å². The lowest BCUT2D eigenvalue weighted by molar-refractivity contribution is -0.123. The van der Waals surface area contributed by atoms with Crippen molar-refractivity contribution >= 4 is 34.2 Å². The lowest BCUT2D eigenvalue weighted by atomic mass is 10.1. The van der Waals surface area contributed by atoms with E-state index < -0.39 is 11.8 Å². The molecular weight excluding hydrogens is 444 g/mol. The first-order chi connectivity index (χ1) is 16.0. The average molecular weight is 463 g/mol. The second-order valence-corrected chi connectivity index (χ2v) is 7.52. The Morgan fingerprint density at radius 1 is 0.879 bits per heavy atom. The third kappa shape index (κ3) is 5.36. The highest BCUT2D eigenvalue weighted by molar-refractivity contribution is 6.30. The van der Waals surface area contributed by atoms with Crippen LogP contribution in [-0.2, 0) is 11.3 Å². The number of nitrogens with one attached hydrogen (secondary N) is 2. The molecule has 0 aliphatic carbocycles. The lowest BCUT2D eigenvalue weighted by Crippen LogP contribution is -2.44. The molecule has 3 aromatic carbocycles. The molecule has 0 spiro atoms. The summed E-state index contributed by atoms with van der Waals surface area (Å²) in [5, 5.41) is 5.56. The molecule has 2 N–H and O–H groups in total. The summed E-state index contributed by atoms with van der Waals surface area (Å²) in [7, 11) is 0. The van der Waals surface area contributed by atoms with Gasteiger partial charge in [-0.15, -0.1) is 0 Å². The van der Waals surface area contributed by atoms with Gasteiger partial charge in [0.2, 0.25) is 0 Å². The van der Waals surface area contributed by atoms with Gasteiger partial charge < -0.3 is 4.74 Å². The van der Waals surface area contributed by atoms with Crippen molar-refractivity contribution in [2.45, 2.75) is 6.54 Å². The van der Waals surface area contributed by atoms with Crippen molar-refractivity contribution in [1.82, 2.24) is 20.6 Å². The summed E-state index contributed by atoms with van der Waals surface area (Å²) >= 11 is 5.82. The van der Waals surface area contributed by atoms with Gasteiger partial charge >= 0.3 is 0 Å². The molecule has 9 heteroatoms. The fourth-order valence-corrected chi connectivity index (χ4v) is 3.29. The number of aromatic nitrogens is 2. The summed E-state index contributed by atoms with van der Waals surface area (Å²) < 4.78 is 6.58. The van der Waals surface area contributed by atoms with E-state index in [-0.39, 0.29) is 24.4 Å². The molecule has 4 rings (SSSR count). The first-order valence-corrected chi connectivity index (χ1v) is 10.4. The molecule has 1 aromatic heterocycles. The fraction of sp³-hybridized carbons (Fsp3) is 0.0833. The lowest BCUT2D eigenvalue weighted by Gasteiger charge is -2.12. The van der Waals surface area contributed by atoms with Gasteiger partial charge in [-0.1, -0.05) is 60.1 Å². The molecule has 8 nitrogen and oxygen atoms in total. The van der Waals surface area contributed by atoms with Crippen LogP contribution in [0, 0.1) is 0 Å². The molecule has 0 radical (unpaired) electrons. The Labute approximate surface area is 193 Å². The third-order valence-electron chi connectivity index (χ3n) is 4.76. The Morgan fingerprint density at radius 3 is 2.27 bits per heavy atom. The third-order valence-corrected chi connectivity index (χ3v) is 5.01. The molecule has 0 unspecified atom stereocenters. The molecule has 1 heterocycles. The van der Waals surface area contributed by atoms with Crippen LogP contribution in [0.4, 0.5) is 0 Å². The number of hydrogen-bond donors (Lipinski definition) is 2. The zero-order valence-electron chi connectivity index (χ0n) is 17.3. The second-order valence-electron chi connectivity index (χ2n) is 7.09. The molecular formula is C24H19ClN4O4. The summed E-state index contributed by atoms with van der Waals surface area (Å²) in [5.41, 5.74) is 5.19. The quantitative estimate of drug-likeness (QED) is 0.429. The molecule has 0 saturated heterocycles. The Hall–Kier alpha value is -4.17. The first kappa shape index (κ1) is 22.0. The SMILES string of the molecule is O=C(COc1ccc(Cl)cc1)NNC(=O)c1nn(Cc2ccccc2)c(=O)c2ccccc12. The van der Waals surface area contributed by atoms with Crippen molar-refractivity contribution in [1.29, 1.82) is 0 Å². The van der Waals surface area contributed by atoms with Gasteiger partial charge in [0, 0.05) is 10.4 Å². The normalized spacial score (nSPS) is 10.6. The molecule has 0 aliphatic rings. The van der Waals surface area contributed by atoms with Gasteiger partial charge in [-0.3, -0.25) is 25.2 Å². The molecule has 0 fully saturated rings. The summed E-state index contributed by atoms with van der Waals surface area (Å²) in [4.78, 5) is 37.8. The van der Waals surface area contributed by atoms with E-state index in [0.717, 1.165) is 5.56 Å². The van der Waals surface area contributed by atoms with Crippen LogP contribution in [-0.4, -0.2) is 28.2 Å². The Morgan fingerprint density at radius 2 is 1.55 bits per heavy atom. The number of benzene rings is 3. The number of hydrogen-bond acceptors (Lipinski definition) is 5. The molecule has 0 aliphatic heterocycles. The van der Waals surface area contributed by atoms with E-state index >= 15 is 0 Å². The predicted octanol–water partition coefficient (Wildman–Crippen LogP) is 2.94. The highest BCUT2D eigenvalue weighted by Gasteiger charge is 2.17. The van der Waals surface area contributed by atoms with Crippen molar-refractivity contribution in [3.05, 3.63) is 105 Å². The van der Waals surface area contributed by atoms with Gasteiger partial charge in [-0.2, -0.15) is 5.10 Å². The first-order valence-electron chi connectivity index (χ1n) is 10.0. The fourth-order valence-electron chi connectivity index (χ4n) is 3.17. The van der Waals surface area contributed by atoms with E-state index in [4.69, 9.17) is 16.3 Å². The maximum absolute atomic E-state index is 12.9. The maximum atomic E-state index is 12.9. The molecule has 0 saturated carbocycles. The van der Waals surface area contributed by atoms with Gasteiger partial charge in [0.05, 0.1) is 11.9 Å². The predicted molar refractivity (Wildman–Crippen MR) is 124 cm³/mol. The number of nitrogens with zero attached hydrogens (tertiary/aromatic N) is 2. The van der Waals surface area contributed by atoms with Crippen molar-refractivity contribution in [3.63, 3.8) is 0 Å². The average Bonchev–Trinajstić information content (AvgIpc) is 2.84. The van der Waals surface area contributed by atoms with Crippen molar-refractivity contribution in [2.24, 2.45) is 0 Å². The minimum absolute atomic E-state index is 0.0139. The Balaban J connectivity index is 1.49. The van der Waals surface area contributed by atoms with E-state index in [9.17, 15) is 14.4 Å². The number of halogens is 1. The smallest absolute Gasteiger partial charge is 0.290 e. The van der Waals surface area contributed by atoms with Crippen LogP contribution in [0.1, 0.15) is 16.1 Å². The highest BCUT2D eigenvalue weighted by atomic mass is 35.5. The number of amides is 2. The minimum Gasteiger partial charge on any atom is -0.484 e. The molecule has 4 aromatic rings. The maximum Gasteiger partial charge on any atom is 0.290 e. The highest BCUT2D eigenvalue weighted by Crippen LogP contribution is 2.15. The number of ether oxygens (including phenoxy) is 1. The molecule has 0 atom stereocenters. The minimum atomic E-state index is -0.659. The number of carbonyl (C=O) groups excluding carboxylic acids is 2. The molecule has 2 amide bonds. The van der Waals surface area contributed by atoms with E-state index in [2.05, 4.69) is 16.0 Å². The zero-order chi connectivity index (χ0) is 23.2. The van der Waals surface area contributed by atoms with E-state index in [1.165, 1.54) is 4.68 Å². The summed E-state index contributed by atoms with van der Waals surface area (Å²) in [5.74, 6) is -0.769. The topological polar surface area (TPSA) is 102 Å². The van der Waals surface area contributed by atoms with Crippen molar-refractivity contribution in [3.8, 4) is 5.75 Å². The van der Waals surface area contributed by atoms with Crippen LogP contribution in [0.15, 0.2) is 83.7 Å². The number of rotatable bonds is 6. The van der Waals surface area contributed by atoms with Crippen LogP contribution < -0.4 is 21.1 Å². The van der Waals surface area contributed by atoms with Gasteiger partial charge in [0.1, 0.15) is 5.75 Å². The van der Waals surface area contributed by atoms with Gasteiger partial charge in [-0.05, 0) is 35.9 Å². The monoisotopic (exact) mass is 462 g/mol. The number of fused-ring (bicyclic) bond motifs is 1.